The van der Waals surface area contributed by atoms with Gasteiger partial charge in [0.05, 0.1) is 0 Å². The third-order valence-electron chi connectivity index (χ3n) is 1.81. The number of amides is 1. The monoisotopic (exact) mass is 187 g/mol. The number of carboxylic acid groups (broad SMARTS) is 2. The van der Waals surface area contributed by atoms with Gasteiger partial charge in [-0.05, 0) is 12.5 Å². The summed E-state index contributed by atoms with van der Waals surface area (Å²) in [4.78, 5) is 21.6. The summed E-state index contributed by atoms with van der Waals surface area (Å²) in [7, 11) is 0. The van der Waals surface area contributed by atoms with Gasteiger partial charge in [-0.25, -0.2) is 9.59 Å². The third-order valence-corrected chi connectivity index (χ3v) is 1.81. The number of nitrogens with zero attached hydrogens (tertiary/aromatic N) is 1. The van der Waals surface area contributed by atoms with E-state index in [0.29, 0.717) is 0 Å². The Morgan fingerprint density at radius 3 is 2.46 bits per heavy atom. The highest BCUT2D eigenvalue weighted by Crippen LogP contribution is 2.14. The zero-order chi connectivity index (χ0) is 10.0. The van der Waals surface area contributed by atoms with Gasteiger partial charge in [0.15, 0.2) is 6.23 Å². The molecule has 6 nitrogen and oxygen atoms in total. The van der Waals surface area contributed by atoms with Gasteiger partial charge in [-0.2, -0.15) is 0 Å². The molecule has 0 spiro atoms. The van der Waals surface area contributed by atoms with Gasteiger partial charge >= 0.3 is 12.1 Å². The van der Waals surface area contributed by atoms with Gasteiger partial charge < -0.3 is 15.3 Å². The van der Waals surface area contributed by atoms with Crippen LogP contribution in [0.1, 0.15) is 6.42 Å². The van der Waals surface area contributed by atoms with E-state index in [1.54, 1.807) is 0 Å². The van der Waals surface area contributed by atoms with Gasteiger partial charge in [0, 0.05) is 12.1 Å². The maximum atomic E-state index is 10.4. The van der Waals surface area contributed by atoms with E-state index in [1.807, 2.05) is 0 Å². The number of carboxylic acids is 1. The number of hydrogen-bond acceptors (Lipinski definition) is 3. The van der Waals surface area contributed by atoms with Crippen LogP contribution in [0.4, 0.5) is 4.79 Å². The summed E-state index contributed by atoms with van der Waals surface area (Å²) in [6, 6.07) is 0. The van der Waals surface area contributed by atoms with Crippen molar-refractivity contribution < 1.29 is 24.9 Å². The van der Waals surface area contributed by atoms with Crippen molar-refractivity contribution in [3.05, 3.63) is 11.6 Å². The molecule has 0 fully saturated rings. The molecule has 1 aliphatic heterocycles. The van der Waals surface area contributed by atoms with Crippen molar-refractivity contribution in [3.63, 3.8) is 0 Å². The second-order valence-corrected chi connectivity index (χ2v) is 2.64. The van der Waals surface area contributed by atoms with Crippen LogP contribution in [0.5, 0.6) is 0 Å². The normalized spacial score (nSPS) is 22.4. The molecule has 13 heavy (non-hydrogen) atoms. The average Bonchev–Trinajstić information content (AvgIpc) is 2.03. The predicted molar refractivity (Wildman–Crippen MR) is 41.1 cm³/mol. The molecule has 1 amide bonds. The minimum Gasteiger partial charge on any atom is -0.478 e. The van der Waals surface area contributed by atoms with Crippen molar-refractivity contribution in [1.82, 2.24) is 4.90 Å². The van der Waals surface area contributed by atoms with Crippen molar-refractivity contribution in [1.29, 1.82) is 0 Å². The quantitative estimate of drug-likeness (QED) is 0.523. The molecule has 6 heteroatoms. The molecule has 1 rings (SSSR count). The Hall–Kier alpha value is -1.56. The molecule has 3 N–H and O–H groups in total. The Bertz CT molecular complexity index is 272. The Morgan fingerprint density at radius 1 is 1.46 bits per heavy atom. The number of aliphatic hydroxyl groups is 1. The molecule has 1 aliphatic rings. The maximum Gasteiger partial charge on any atom is 0.409 e. The number of rotatable bonds is 1. The first-order chi connectivity index (χ1) is 6.02. The minimum atomic E-state index is -1.35. The van der Waals surface area contributed by atoms with Crippen molar-refractivity contribution in [2.75, 3.05) is 6.54 Å². The van der Waals surface area contributed by atoms with Gasteiger partial charge in [0.25, 0.3) is 0 Å². The Kier molecular flexibility index (Phi) is 2.52. The third kappa shape index (κ3) is 1.97. The average molecular weight is 187 g/mol. The van der Waals surface area contributed by atoms with Gasteiger partial charge in [0.2, 0.25) is 0 Å². The first kappa shape index (κ1) is 9.53. The lowest BCUT2D eigenvalue weighted by Crippen LogP contribution is -2.42. The van der Waals surface area contributed by atoms with Gasteiger partial charge in [-0.15, -0.1) is 0 Å². The highest BCUT2D eigenvalue weighted by atomic mass is 16.4. The van der Waals surface area contributed by atoms with Gasteiger partial charge in [-0.3, -0.25) is 4.90 Å². The largest absolute Gasteiger partial charge is 0.478 e. The van der Waals surface area contributed by atoms with Crippen LogP contribution in [-0.2, 0) is 4.79 Å². The van der Waals surface area contributed by atoms with Crippen LogP contribution >= 0.6 is 0 Å². The van der Waals surface area contributed by atoms with Crippen LogP contribution in [-0.4, -0.2) is 45.1 Å². The SMILES string of the molecule is O=C(O)C1=CC(O)N(C(=O)O)CC1. The van der Waals surface area contributed by atoms with Crippen LogP contribution in [0.3, 0.4) is 0 Å². The van der Waals surface area contributed by atoms with Crippen LogP contribution in [0.2, 0.25) is 0 Å². The lowest BCUT2D eigenvalue weighted by atomic mass is 10.1. The molecule has 1 atom stereocenters. The lowest BCUT2D eigenvalue weighted by Gasteiger charge is -2.27. The van der Waals surface area contributed by atoms with Crippen LogP contribution in [0.25, 0.3) is 0 Å². The fourth-order valence-electron chi connectivity index (χ4n) is 1.11. The fraction of sp³-hybridized carbons (Fsp3) is 0.429. The summed E-state index contributed by atoms with van der Waals surface area (Å²) in [5.41, 5.74) is 0.0463. The predicted octanol–water partition coefficient (Wildman–Crippen LogP) is -0.300. The van der Waals surface area contributed by atoms with Crippen molar-refractivity contribution in [3.8, 4) is 0 Å². The van der Waals surface area contributed by atoms with E-state index in [0.717, 1.165) is 11.0 Å². The maximum absolute atomic E-state index is 10.4. The molecule has 72 valence electrons. The van der Waals surface area contributed by atoms with E-state index >= 15 is 0 Å². The topological polar surface area (TPSA) is 98.1 Å². The molecule has 0 saturated heterocycles. The van der Waals surface area contributed by atoms with Crippen LogP contribution < -0.4 is 0 Å². The van der Waals surface area contributed by atoms with Gasteiger partial charge in [-0.1, -0.05) is 0 Å². The van der Waals surface area contributed by atoms with E-state index < -0.39 is 18.3 Å². The number of hydrogen-bond donors (Lipinski definition) is 3. The first-order valence-electron chi connectivity index (χ1n) is 3.64. The number of aliphatic hydroxyl groups excluding tert-OH is 1. The molecular weight excluding hydrogens is 178 g/mol. The summed E-state index contributed by atoms with van der Waals surface area (Å²) in [6.45, 7) is 0.00856. The van der Waals surface area contributed by atoms with Crippen molar-refractivity contribution >= 4 is 12.1 Å². The van der Waals surface area contributed by atoms with Crippen LogP contribution in [0.15, 0.2) is 11.6 Å². The standard InChI is InChI=1S/C7H9NO5/c9-5-3-4(6(10)11)1-2-8(5)7(12)13/h3,5,9H,1-2H2,(H,10,11)(H,12,13). The smallest absolute Gasteiger partial charge is 0.409 e. The molecule has 1 unspecified atom stereocenters. The molecule has 0 aliphatic carbocycles. The highest BCUT2D eigenvalue weighted by Gasteiger charge is 2.26. The Labute approximate surface area is 73.7 Å². The number of carbonyl (C=O) groups is 2. The van der Waals surface area contributed by atoms with E-state index in [9.17, 15) is 9.59 Å². The molecule has 1 heterocycles. The Morgan fingerprint density at radius 2 is 2.08 bits per heavy atom. The molecule has 0 saturated carbocycles. The molecular formula is C7H9NO5. The minimum absolute atomic E-state index is 0.00856. The molecule has 0 aromatic rings. The molecule has 0 aromatic heterocycles. The summed E-state index contributed by atoms with van der Waals surface area (Å²) in [5, 5.41) is 26.2. The zero-order valence-electron chi connectivity index (χ0n) is 6.67. The van der Waals surface area contributed by atoms with Crippen molar-refractivity contribution in [2.45, 2.75) is 12.6 Å². The Balaban J connectivity index is 2.77. The molecule has 0 radical (unpaired) electrons. The van der Waals surface area contributed by atoms with Crippen molar-refractivity contribution in [2.24, 2.45) is 0 Å². The summed E-state index contributed by atoms with van der Waals surface area (Å²) in [6.07, 6.45) is -1.45. The summed E-state index contributed by atoms with van der Waals surface area (Å²) in [5.74, 6) is -1.12. The summed E-state index contributed by atoms with van der Waals surface area (Å²) >= 11 is 0. The molecule has 0 bridgehead atoms. The molecule has 0 aromatic carbocycles. The lowest BCUT2D eigenvalue weighted by molar-refractivity contribution is -0.133. The van der Waals surface area contributed by atoms with E-state index in [4.69, 9.17) is 15.3 Å². The fourth-order valence-corrected chi connectivity index (χ4v) is 1.11. The second-order valence-electron chi connectivity index (χ2n) is 2.64. The van der Waals surface area contributed by atoms with Crippen LogP contribution in [0, 0.1) is 0 Å². The first-order valence-corrected chi connectivity index (χ1v) is 3.64. The number of aliphatic carboxylic acids is 1. The highest BCUT2D eigenvalue weighted by molar-refractivity contribution is 5.87. The van der Waals surface area contributed by atoms with E-state index in [2.05, 4.69) is 0 Å². The summed E-state index contributed by atoms with van der Waals surface area (Å²) < 4.78 is 0. The zero-order valence-corrected chi connectivity index (χ0v) is 6.67. The van der Waals surface area contributed by atoms with E-state index in [1.165, 1.54) is 0 Å². The van der Waals surface area contributed by atoms with Gasteiger partial charge in [0.1, 0.15) is 0 Å². The van der Waals surface area contributed by atoms with E-state index in [-0.39, 0.29) is 18.5 Å². The second kappa shape index (κ2) is 3.44.